The quantitative estimate of drug-likeness (QED) is 0.553. The standard InChI is InChI=1S/C19H17N/c1-20-17-11-7-9-15-14-8-3-4-10-16(14)19(18(15)17)12-5-2-6-13-19/h3-4,7-11H,2,5-6,12-13H2. The zero-order chi connectivity index (χ0) is 13.6. The molecule has 2 aromatic carbocycles. The van der Waals surface area contributed by atoms with E-state index in [1.54, 1.807) is 0 Å². The first-order valence-corrected chi connectivity index (χ1v) is 7.48. The highest BCUT2D eigenvalue weighted by Crippen LogP contribution is 2.58. The molecule has 0 atom stereocenters. The van der Waals surface area contributed by atoms with Crippen LogP contribution in [0.25, 0.3) is 16.0 Å². The number of hydrogen-bond acceptors (Lipinski definition) is 0. The van der Waals surface area contributed by atoms with E-state index >= 15 is 0 Å². The molecule has 0 aromatic heterocycles. The summed E-state index contributed by atoms with van der Waals surface area (Å²) in [5.41, 5.74) is 6.42. The van der Waals surface area contributed by atoms with E-state index < -0.39 is 0 Å². The predicted octanol–water partition coefficient (Wildman–Crippen LogP) is 5.47. The van der Waals surface area contributed by atoms with E-state index in [-0.39, 0.29) is 5.41 Å². The van der Waals surface area contributed by atoms with Crippen molar-refractivity contribution in [2.24, 2.45) is 0 Å². The molecule has 0 heterocycles. The molecule has 1 fully saturated rings. The Kier molecular flexibility index (Phi) is 2.47. The van der Waals surface area contributed by atoms with Crippen molar-refractivity contribution < 1.29 is 0 Å². The van der Waals surface area contributed by atoms with Gasteiger partial charge in [-0.1, -0.05) is 61.7 Å². The first-order valence-electron chi connectivity index (χ1n) is 7.48. The fourth-order valence-electron chi connectivity index (χ4n) is 4.31. The molecule has 0 aliphatic heterocycles. The molecule has 2 aromatic rings. The van der Waals surface area contributed by atoms with E-state index in [4.69, 9.17) is 6.57 Å². The van der Waals surface area contributed by atoms with Crippen LogP contribution in [-0.2, 0) is 5.41 Å². The zero-order valence-electron chi connectivity index (χ0n) is 11.5. The Morgan fingerprint density at radius 2 is 1.60 bits per heavy atom. The lowest BCUT2D eigenvalue weighted by Gasteiger charge is -2.36. The Labute approximate surface area is 120 Å². The number of rotatable bonds is 0. The van der Waals surface area contributed by atoms with Crippen LogP contribution in [0.2, 0.25) is 0 Å². The normalized spacial score (nSPS) is 18.4. The second kappa shape index (κ2) is 4.21. The van der Waals surface area contributed by atoms with Crippen LogP contribution in [0.15, 0.2) is 42.5 Å². The van der Waals surface area contributed by atoms with Gasteiger partial charge in [0.2, 0.25) is 0 Å². The third-order valence-corrected chi connectivity index (χ3v) is 5.08. The number of benzene rings is 2. The van der Waals surface area contributed by atoms with Gasteiger partial charge in [-0.2, -0.15) is 0 Å². The van der Waals surface area contributed by atoms with Gasteiger partial charge in [-0.05, 0) is 35.1 Å². The number of hydrogen-bond donors (Lipinski definition) is 0. The Bertz CT molecular complexity index is 715. The van der Waals surface area contributed by atoms with Gasteiger partial charge in [0, 0.05) is 5.41 Å². The largest absolute Gasteiger partial charge is 0.238 e. The lowest BCUT2D eigenvalue weighted by molar-refractivity contribution is 0.354. The minimum atomic E-state index is 0.116. The van der Waals surface area contributed by atoms with Crippen LogP contribution in [0.4, 0.5) is 5.69 Å². The summed E-state index contributed by atoms with van der Waals surface area (Å²) in [7, 11) is 0. The van der Waals surface area contributed by atoms with Gasteiger partial charge in [-0.15, -0.1) is 0 Å². The maximum Gasteiger partial charge on any atom is 0.191 e. The van der Waals surface area contributed by atoms with Crippen molar-refractivity contribution >= 4 is 5.69 Å². The predicted molar refractivity (Wildman–Crippen MR) is 82.0 cm³/mol. The smallest absolute Gasteiger partial charge is 0.191 e. The molecule has 0 amide bonds. The van der Waals surface area contributed by atoms with Crippen molar-refractivity contribution in [2.75, 3.05) is 0 Å². The monoisotopic (exact) mass is 259 g/mol. The number of nitrogens with zero attached hydrogens (tertiary/aromatic N) is 1. The number of fused-ring (bicyclic) bond motifs is 5. The maximum atomic E-state index is 7.55. The van der Waals surface area contributed by atoms with Crippen LogP contribution in [0.3, 0.4) is 0 Å². The molecule has 0 N–H and O–H groups in total. The summed E-state index contributed by atoms with van der Waals surface area (Å²) in [4.78, 5) is 3.82. The van der Waals surface area contributed by atoms with Gasteiger partial charge in [0.15, 0.2) is 5.69 Å². The topological polar surface area (TPSA) is 4.36 Å². The summed E-state index contributed by atoms with van der Waals surface area (Å²) in [6.07, 6.45) is 6.28. The molecular weight excluding hydrogens is 242 g/mol. The van der Waals surface area contributed by atoms with Crippen molar-refractivity contribution in [1.82, 2.24) is 0 Å². The van der Waals surface area contributed by atoms with E-state index in [1.165, 1.54) is 54.4 Å². The lowest BCUT2D eigenvalue weighted by atomic mass is 9.67. The molecule has 1 spiro atoms. The molecule has 98 valence electrons. The summed E-state index contributed by atoms with van der Waals surface area (Å²) < 4.78 is 0. The summed E-state index contributed by atoms with van der Waals surface area (Å²) in [6, 6.07) is 15.0. The Balaban J connectivity index is 2.08. The average Bonchev–Trinajstić information content (AvgIpc) is 2.80. The van der Waals surface area contributed by atoms with Crippen LogP contribution in [0.1, 0.15) is 43.2 Å². The SMILES string of the molecule is [C-]#[N+]c1cccc2c1C1(CCCCC1)c1ccccc1-2. The van der Waals surface area contributed by atoms with Crippen molar-refractivity contribution in [2.45, 2.75) is 37.5 Å². The van der Waals surface area contributed by atoms with Crippen molar-refractivity contribution in [3.8, 4) is 11.1 Å². The van der Waals surface area contributed by atoms with Gasteiger partial charge in [-0.3, -0.25) is 0 Å². The maximum absolute atomic E-state index is 7.55. The van der Waals surface area contributed by atoms with E-state index in [1.807, 2.05) is 12.1 Å². The highest BCUT2D eigenvalue weighted by atomic mass is 14.7. The van der Waals surface area contributed by atoms with Gasteiger partial charge in [0.25, 0.3) is 0 Å². The summed E-state index contributed by atoms with van der Waals surface area (Å²) >= 11 is 0. The highest BCUT2D eigenvalue weighted by Gasteiger charge is 2.44. The van der Waals surface area contributed by atoms with Crippen LogP contribution in [0, 0.1) is 6.57 Å². The molecule has 1 heteroatoms. The first-order chi connectivity index (χ1) is 9.87. The van der Waals surface area contributed by atoms with Crippen molar-refractivity contribution in [1.29, 1.82) is 0 Å². The molecule has 1 saturated carbocycles. The molecular formula is C19H17N. The molecule has 1 nitrogen and oxygen atoms in total. The zero-order valence-corrected chi connectivity index (χ0v) is 11.5. The minimum Gasteiger partial charge on any atom is -0.238 e. The summed E-state index contributed by atoms with van der Waals surface area (Å²) in [5.74, 6) is 0. The van der Waals surface area contributed by atoms with Crippen LogP contribution in [0.5, 0.6) is 0 Å². The first kappa shape index (κ1) is 11.7. The minimum absolute atomic E-state index is 0.116. The third-order valence-electron chi connectivity index (χ3n) is 5.08. The summed E-state index contributed by atoms with van der Waals surface area (Å²) in [5, 5.41) is 0. The fraction of sp³-hybridized carbons (Fsp3) is 0.316. The van der Waals surface area contributed by atoms with Crippen molar-refractivity contribution in [3.05, 3.63) is 65.0 Å². The van der Waals surface area contributed by atoms with Gasteiger partial charge in [-0.25, -0.2) is 4.85 Å². The molecule has 0 bridgehead atoms. The molecule has 4 rings (SSSR count). The lowest BCUT2D eigenvalue weighted by Crippen LogP contribution is -2.28. The molecule has 0 radical (unpaired) electrons. The molecule has 0 unspecified atom stereocenters. The van der Waals surface area contributed by atoms with Crippen LogP contribution >= 0.6 is 0 Å². The second-order valence-electron chi connectivity index (χ2n) is 6.00. The third kappa shape index (κ3) is 1.37. The van der Waals surface area contributed by atoms with Crippen LogP contribution in [-0.4, -0.2) is 0 Å². The Morgan fingerprint density at radius 3 is 2.40 bits per heavy atom. The van der Waals surface area contributed by atoms with E-state index in [0.717, 1.165) is 5.69 Å². The second-order valence-corrected chi connectivity index (χ2v) is 6.00. The van der Waals surface area contributed by atoms with E-state index in [9.17, 15) is 0 Å². The average molecular weight is 259 g/mol. The Morgan fingerprint density at radius 1 is 0.850 bits per heavy atom. The highest BCUT2D eigenvalue weighted by molar-refractivity contribution is 5.86. The van der Waals surface area contributed by atoms with Gasteiger partial charge in [0.05, 0.1) is 6.57 Å². The van der Waals surface area contributed by atoms with Crippen molar-refractivity contribution in [3.63, 3.8) is 0 Å². The van der Waals surface area contributed by atoms with E-state index in [0.29, 0.717) is 0 Å². The van der Waals surface area contributed by atoms with Crippen LogP contribution < -0.4 is 0 Å². The molecule has 2 aliphatic carbocycles. The van der Waals surface area contributed by atoms with Gasteiger partial charge < -0.3 is 0 Å². The van der Waals surface area contributed by atoms with Gasteiger partial charge in [0.1, 0.15) is 0 Å². The Hall–Kier alpha value is -2.07. The molecule has 2 aliphatic rings. The van der Waals surface area contributed by atoms with Gasteiger partial charge >= 0.3 is 0 Å². The molecule has 20 heavy (non-hydrogen) atoms. The summed E-state index contributed by atoms with van der Waals surface area (Å²) in [6.45, 7) is 7.55. The fourth-order valence-corrected chi connectivity index (χ4v) is 4.31. The van der Waals surface area contributed by atoms with E-state index in [2.05, 4.69) is 35.2 Å². The molecule has 0 saturated heterocycles.